The van der Waals surface area contributed by atoms with Crippen LogP contribution in [-0.2, 0) is 4.79 Å². The Balaban J connectivity index is 1.85. The van der Waals surface area contributed by atoms with Crippen molar-refractivity contribution in [3.05, 3.63) is 35.4 Å². The number of piperazine rings is 1. The molecule has 2 rings (SSSR count). The van der Waals surface area contributed by atoms with Gasteiger partial charge in [-0.1, -0.05) is 31.2 Å². The van der Waals surface area contributed by atoms with E-state index in [-0.39, 0.29) is 18.1 Å². The van der Waals surface area contributed by atoms with Gasteiger partial charge in [0.05, 0.1) is 18.7 Å². The summed E-state index contributed by atoms with van der Waals surface area (Å²) < 4.78 is 0. The van der Waals surface area contributed by atoms with E-state index in [1.807, 2.05) is 26.0 Å². The van der Waals surface area contributed by atoms with E-state index in [9.17, 15) is 9.90 Å². The number of aryl methyl sites for hydroxylation is 1. The molecule has 1 aromatic rings. The number of rotatable bonds is 7. The Labute approximate surface area is 152 Å². The second kappa shape index (κ2) is 9.32. The second-order valence-corrected chi connectivity index (χ2v) is 7.29. The summed E-state index contributed by atoms with van der Waals surface area (Å²) in [5.74, 6) is 0.0783. The monoisotopic (exact) mass is 347 g/mol. The first-order valence-corrected chi connectivity index (χ1v) is 9.40. The highest BCUT2D eigenvalue weighted by atomic mass is 16.3. The van der Waals surface area contributed by atoms with E-state index in [1.54, 1.807) is 0 Å². The highest BCUT2D eigenvalue weighted by Gasteiger charge is 2.27. The molecule has 3 unspecified atom stereocenters. The van der Waals surface area contributed by atoms with Gasteiger partial charge in [0.25, 0.3) is 0 Å². The smallest absolute Gasteiger partial charge is 0.234 e. The summed E-state index contributed by atoms with van der Waals surface area (Å²) in [6, 6.07) is 8.61. The fourth-order valence-corrected chi connectivity index (χ4v) is 3.71. The van der Waals surface area contributed by atoms with Gasteiger partial charge in [-0.15, -0.1) is 0 Å². The molecule has 25 heavy (non-hydrogen) atoms. The zero-order chi connectivity index (χ0) is 18.4. The molecule has 0 bridgehead atoms. The van der Waals surface area contributed by atoms with Crippen molar-refractivity contribution in [2.75, 3.05) is 32.7 Å². The number of carbonyl (C=O) groups is 1. The molecule has 0 aliphatic carbocycles. The fourth-order valence-electron chi connectivity index (χ4n) is 3.71. The van der Waals surface area contributed by atoms with E-state index < -0.39 is 0 Å². The van der Waals surface area contributed by atoms with Crippen molar-refractivity contribution in [1.29, 1.82) is 0 Å². The van der Waals surface area contributed by atoms with Crippen molar-refractivity contribution in [2.24, 2.45) is 0 Å². The minimum Gasteiger partial charge on any atom is -0.392 e. The lowest BCUT2D eigenvalue weighted by molar-refractivity contribution is -0.123. The number of β-amino-alcohol motifs (C(OH)–C–C–N with tert-alkyl or cyclic N) is 1. The zero-order valence-electron chi connectivity index (χ0n) is 16.0. The molecule has 1 aliphatic rings. The fraction of sp³-hybridized carbons (Fsp3) is 0.650. The summed E-state index contributed by atoms with van der Waals surface area (Å²) >= 11 is 0. The summed E-state index contributed by atoms with van der Waals surface area (Å²) in [7, 11) is 0. The lowest BCUT2D eigenvalue weighted by Gasteiger charge is -2.41. The first-order chi connectivity index (χ1) is 11.9. The van der Waals surface area contributed by atoms with Gasteiger partial charge in [-0.3, -0.25) is 14.6 Å². The average molecular weight is 348 g/mol. The van der Waals surface area contributed by atoms with Crippen molar-refractivity contribution in [1.82, 2.24) is 15.1 Å². The van der Waals surface area contributed by atoms with Crippen LogP contribution in [-0.4, -0.2) is 65.7 Å². The number of nitrogens with one attached hydrogen (secondary N) is 1. The quantitative estimate of drug-likeness (QED) is 0.792. The molecule has 140 valence electrons. The molecule has 1 amide bonds. The van der Waals surface area contributed by atoms with Crippen LogP contribution in [0.5, 0.6) is 0 Å². The molecular formula is C20H33N3O2. The summed E-state index contributed by atoms with van der Waals surface area (Å²) in [5, 5.41) is 12.8. The highest BCUT2D eigenvalue weighted by molar-refractivity contribution is 5.78. The number of hydrogen-bond acceptors (Lipinski definition) is 4. The third kappa shape index (κ3) is 5.80. The summed E-state index contributed by atoms with van der Waals surface area (Å²) in [5.41, 5.74) is 2.37. The molecular weight excluding hydrogens is 314 g/mol. The largest absolute Gasteiger partial charge is 0.392 e. The molecule has 1 aliphatic heterocycles. The zero-order valence-corrected chi connectivity index (χ0v) is 16.0. The molecule has 0 saturated carbocycles. The van der Waals surface area contributed by atoms with Gasteiger partial charge in [-0.25, -0.2) is 0 Å². The van der Waals surface area contributed by atoms with E-state index >= 15 is 0 Å². The van der Waals surface area contributed by atoms with Crippen LogP contribution in [0.25, 0.3) is 0 Å². The van der Waals surface area contributed by atoms with Gasteiger partial charge >= 0.3 is 0 Å². The average Bonchev–Trinajstić information content (AvgIpc) is 2.56. The predicted molar refractivity (Wildman–Crippen MR) is 102 cm³/mol. The molecule has 5 heteroatoms. The van der Waals surface area contributed by atoms with Crippen molar-refractivity contribution in [3.63, 3.8) is 0 Å². The third-order valence-electron chi connectivity index (χ3n) is 5.06. The van der Waals surface area contributed by atoms with Gasteiger partial charge < -0.3 is 10.4 Å². The Bertz CT molecular complexity index is 562. The van der Waals surface area contributed by atoms with Crippen molar-refractivity contribution < 1.29 is 9.90 Å². The topological polar surface area (TPSA) is 55.8 Å². The van der Waals surface area contributed by atoms with E-state index in [0.29, 0.717) is 19.1 Å². The summed E-state index contributed by atoms with van der Waals surface area (Å²) in [4.78, 5) is 17.0. The molecule has 1 saturated heterocycles. The molecule has 1 heterocycles. The Hall–Kier alpha value is -1.43. The summed E-state index contributed by atoms with van der Waals surface area (Å²) in [6.07, 6.45) is 0.726. The highest BCUT2D eigenvalue weighted by Crippen LogP contribution is 2.17. The molecule has 0 aromatic heterocycles. The van der Waals surface area contributed by atoms with Crippen LogP contribution in [0.4, 0.5) is 0 Å². The Morgan fingerprint density at radius 3 is 2.68 bits per heavy atom. The molecule has 5 nitrogen and oxygen atoms in total. The Kier molecular flexibility index (Phi) is 7.41. The normalized spacial score (nSPS) is 21.7. The van der Waals surface area contributed by atoms with Crippen LogP contribution in [0, 0.1) is 6.92 Å². The predicted octanol–water partition coefficient (Wildman–Crippen LogP) is 1.95. The SMILES string of the molecule is CCC1CN(CC(=O)NC(C)c2ccccc2C)CCN1CC(C)O. The summed E-state index contributed by atoms with van der Waals surface area (Å²) in [6.45, 7) is 11.9. The van der Waals surface area contributed by atoms with Crippen LogP contribution in [0.3, 0.4) is 0 Å². The lowest BCUT2D eigenvalue weighted by Crippen LogP contribution is -2.56. The maximum absolute atomic E-state index is 12.5. The molecule has 3 atom stereocenters. The number of aliphatic hydroxyl groups excluding tert-OH is 1. The van der Waals surface area contributed by atoms with Crippen LogP contribution in [0.1, 0.15) is 44.4 Å². The second-order valence-electron chi connectivity index (χ2n) is 7.29. The Morgan fingerprint density at radius 1 is 1.32 bits per heavy atom. The van der Waals surface area contributed by atoms with Gasteiger partial charge in [0.15, 0.2) is 0 Å². The van der Waals surface area contributed by atoms with Gasteiger partial charge in [-0.2, -0.15) is 0 Å². The number of benzene rings is 1. The molecule has 0 spiro atoms. The Morgan fingerprint density at radius 2 is 2.04 bits per heavy atom. The van der Waals surface area contributed by atoms with Crippen LogP contribution in [0.15, 0.2) is 24.3 Å². The van der Waals surface area contributed by atoms with Crippen LogP contribution in [0.2, 0.25) is 0 Å². The molecule has 1 aromatic carbocycles. The number of nitrogens with zero attached hydrogens (tertiary/aromatic N) is 2. The molecule has 0 radical (unpaired) electrons. The van der Waals surface area contributed by atoms with Gasteiger partial charge in [0.2, 0.25) is 5.91 Å². The van der Waals surface area contributed by atoms with Crippen molar-refractivity contribution in [2.45, 2.75) is 52.3 Å². The van der Waals surface area contributed by atoms with E-state index in [0.717, 1.165) is 26.1 Å². The van der Waals surface area contributed by atoms with E-state index in [1.165, 1.54) is 11.1 Å². The van der Waals surface area contributed by atoms with E-state index in [2.05, 4.69) is 41.1 Å². The van der Waals surface area contributed by atoms with Crippen molar-refractivity contribution >= 4 is 5.91 Å². The van der Waals surface area contributed by atoms with Gasteiger partial charge in [-0.05, 0) is 38.3 Å². The first-order valence-electron chi connectivity index (χ1n) is 9.40. The third-order valence-corrected chi connectivity index (χ3v) is 5.06. The minimum absolute atomic E-state index is 0.0206. The first kappa shape index (κ1) is 19.9. The van der Waals surface area contributed by atoms with Gasteiger partial charge in [0, 0.05) is 32.2 Å². The van der Waals surface area contributed by atoms with Gasteiger partial charge in [0.1, 0.15) is 0 Å². The number of hydrogen-bond donors (Lipinski definition) is 2. The molecule has 2 N–H and O–H groups in total. The minimum atomic E-state index is -0.307. The maximum atomic E-state index is 12.5. The van der Waals surface area contributed by atoms with E-state index in [4.69, 9.17) is 0 Å². The lowest BCUT2D eigenvalue weighted by atomic mass is 10.0. The standard InChI is InChI=1S/C20H33N3O2/c1-5-18-13-22(10-11-23(18)12-16(3)24)14-20(25)21-17(4)19-9-7-6-8-15(19)2/h6-9,16-18,24H,5,10-14H2,1-4H3,(H,21,25). The number of carbonyl (C=O) groups excluding carboxylic acids is 1. The number of amides is 1. The number of aliphatic hydroxyl groups is 1. The maximum Gasteiger partial charge on any atom is 0.234 e. The van der Waals surface area contributed by atoms with Crippen molar-refractivity contribution in [3.8, 4) is 0 Å². The van der Waals surface area contributed by atoms with Crippen LogP contribution >= 0.6 is 0 Å². The molecule has 1 fully saturated rings. The van der Waals surface area contributed by atoms with Crippen LogP contribution < -0.4 is 5.32 Å².